The molecule has 0 aromatic heterocycles. The molecule has 0 aliphatic heterocycles. The molecule has 2 amide bonds. The second kappa shape index (κ2) is 9.15. The Morgan fingerprint density at radius 3 is 1.64 bits per heavy atom. The molecular weight excluding hydrogens is 332 g/mol. The van der Waals surface area contributed by atoms with Crippen molar-refractivity contribution in [1.82, 2.24) is 9.80 Å². The predicted octanol–water partition coefficient (Wildman–Crippen LogP) is 2.47. The van der Waals surface area contributed by atoms with E-state index in [9.17, 15) is 9.59 Å². The summed E-state index contributed by atoms with van der Waals surface area (Å²) in [5, 5.41) is 0. The fraction of sp³-hybridized carbons (Fsp3) is 0.263. The predicted molar refractivity (Wildman–Crippen MR) is 98.2 cm³/mol. The van der Waals surface area contributed by atoms with Crippen LogP contribution in [0.3, 0.4) is 0 Å². The summed E-state index contributed by atoms with van der Waals surface area (Å²) < 4.78 is 5.55. The van der Waals surface area contributed by atoms with Gasteiger partial charge in [0.1, 0.15) is 5.79 Å². The zero-order chi connectivity index (χ0) is 18.2. The van der Waals surface area contributed by atoms with Gasteiger partial charge in [0.05, 0.1) is 0 Å². The summed E-state index contributed by atoms with van der Waals surface area (Å²) in [6, 6.07) is 18.1. The third-order valence-corrected chi connectivity index (χ3v) is 5.19. The van der Waals surface area contributed by atoms with Gasteiger partial charge in [0.2, 0.25) is 0 Å². The van der Waals surface area contributed by atoms with Gasteiger partial charge in [0.15, 0.2) is 0 Å². The highest BCUT2D eigenvalue weighted by atomic mass is 28.2. The molecule has 130 valence electrons. The largest absolute Gasteiger partial charge is 0.414 e. The first kappa shape index (κ1) is 18.9. The Labute approximate surface area is 151 Å². The molecule has 0 unspecified atom stereocenters. The first-order chi connectivity index (χ1) is 12.1. The van der Waals surface area contributed by atoms with Crippen molar-refractivity contribution in [1.29, 1.82) is 0 Å². The minimum Gasteiger partial charge on any atom is -0.414 e. The molecule has 0 aliphatic rings. The topological polar surface area (TPSA) is 49.9 Å². The quantitative estimate of drug-likeness (QED) is 0.567. The fourth-order valence-electron chi connectivity index (χ4n) is 2.37. The van der Waals surface area contributed by atoms with Crippen LogP contribution in [0.4, 0.5) is 0 Å². The average molecular weight is 354 g/mol. The van der Waals surface area contributed by atoms with Gasteiger partial charge in [-0.3, -0.25) is 9.59 Å². The number of carbonyl (C=O) groups excluding carboxylic acids is 2. The van der Waals surface area contributed by atoms with Crippen molar-refractivity contribution in [2.24, 2.45) is 0 Å². The summed E-state index contributed by atoms with van der Waals surface area (Å²) in [6.07, 6.45) is 0. The summed E-state index contributed by atoms with van der Waals surface area (Å²) in [6.45, 7) is 2.41. The van der Waals surface area contributed by atoms with Crippen molar-refractivity contribution in [2.45, 2.75) is 12.7 Å². The number of carbonyl (C=O) groups is 2. The van der Waals surface area contributed by atoms with E-state index in [1.165, 1.54) is 0 Å². The molecule has 2 aromatic rings. The molecule has 0 saturated heterocycles. The van der Waals surface area contributed by atoms with Crippen LogP contribution in [0.1, 0.15) is 27.6 Å². The van der Waals surface area contributed by atoms with Crippen LogP contribution in [-0.4, -0.2) is 57.9 Å². The van der Waals surface area contributed by atoms with Crippen molar-refractivity contribution >= 4 is 21.6 Å². The summed E-state index contributed by atoms with van der Waals surface area (Å²) in [4.78, 5) is 28.6. The first-order valence-corrected chi connectivity index (χ1v) is 9.06. The molecule has 6 heteroatoms. The maximum absolute atomic E-state index is 12.7. The van der Waals surface area contributed by atoms with E-state index in [0.717, 1.165) is 0 Å². The van der Waals surface area contributed by atoms with E-state index in [4.69, 9.17) is 4.43 Å². The van der Waals surface area contributed by atoms with E-state index in [1.807, 2.05) is 43.3 Å². The second-order valence-corrected chi connectivity index (χ2v) is 6.53. The van der Waals surface area contributed by atoms with E-state index < -0.39 is 5.79 Å². The molecule has 0 heterocycles. The highest BCUT2D eigenvalue weighted by Gasteiger charge is 2.29. The van der Waals surface area contributed by atoms with Crippen LogP contribution in [0.25, 0.3) is 0 Å². The van der Waals surface area contributed by atoms with Crippen LogP contribution in [0.2, 0.25) is 0 Å². The highest BCUT2D eigenvalue weighted by molar-refractivity contribution is 6.31. The molecule has 0 saturated carbocycles. The van der Waals surface area contributed by atoms with Crippen LogP contribution >= 0.6 is 0 Å². The lowest BCUT2D eigenvalue weighted by Gasteiger charge is -2.34. The fourth-order valence-corrected chi connectivity index (χ4v) is 3.23. The van der Waals surface area contributed by atoms with Gasteiger partial charge in [-0.1, -0.05) is 36.4 Å². The van der Waals surface area contributed by atoms with E-state index in [1.54, 1.807) is 48.2 Å². The average Bonchev–Trinajstić information content (AvgIpc) is 2.68. The van der Waals surface area contributed by atoms with Crippen molar-refractivity contribution < 1.29 is 14.0 Å². The SMILES string of the molecule is CCO[Si]C(N(C)C(=O)c1ccccc1)N(C)C(=O)c1ccccc1. The molecule has 0 atom stereocenters. The summed E-state index contributed by atoms with van der Waals surface area (Å²) in [5.41, 5.74) is 1.16. The summed E-state index contributed by atoms with van der Waals surface area (Å²) >= 11 is 0. The number of nitrogens with zero attached hydrogens (tertiary/aromatic N) is 2. The standard InChI is InChI=1S/C19H22N2O3Si/c1-4-24-25-19(20(2)17(22)15-11-7-5-8-12-15)21(3)18(23)16-13-9-6-10-14-16/h5-14,19H,4H2,1-3H3. The van der Waals surface area contributed by atoms with Gasteiger partial charge in [0.25, 0.3) is 21.6 Å². The molecular formula is C19H22N2O3Si. The van der Waals surface area contributed by atoms with Gasteiger partial charge >= 0.3 is 0 Å². The highest BCUT2D eigenvalue weighted by Crippen LogP contribution is 2.12. The lowest BCUT2D eigenvalue weighted by Crippen LogP contribution is -2.53. The van der Waals surface area contributed by atoms with Crippen LogP contribution in [0.15, 0.2) is 60.7 Å². The van der Waals surface area contributed by atoms with E-state index in [2.05, 4.69) is 0 Å². The lowest BCUT2D eigenvalue weighted by molar-refractivity contribution is 0.0526. The van der Waals surface area contributed by atoms with Gasteiger partial charge < -0.3 is 14.2 Å². The number of hydrogen-bond acceptors (Lipinski definition) is 3. The number of amides is 2. The Bertz CT molecular complexity index is 637. The number of benzene rings is 2. The summed E-state index contributed by atoms with van der Waals surface area (Å²) in [7, 11) is 3.36. The Morgan fingerprint density at radius 1 is 0.880 bits per heavy atom. The maximum atomic E-state index is 12.7. The monoisotopic (exact) mass is 354 g/mol. The maximum Gasteiger partial charge on any atom is 0.281 e. The van der Waals surface area contributed by atoms with Crippen LogP contribution < -0.4 is 0 Å². The Morgan fingerprint density at radius 2 is 1.28 bits per heavy atom. The van der Waals surface area contributed by atoms with Gasteiger partial charge in [-0.15, -0.1) is 0 Å². The van der Waals surface area contributed by atoms with Crippen molar-refractivity contribution in [3.05, 3.63) is 71.8 Å². The van der Waals surface area contributed by atoms with Gasteiger partial charge in [-0.2, -0.15) is 0 Å². The third kappa shape index (κ3) is 4.77. The molecule has 2 aromatic carbocycles. The van der Waals surface area contributed by atoms with Gasteiger partial charge in [-0.05, 0) is 31.2 Å². The van der Waals surface area contributed by atoms with Crippen LogP contribution in [-0.2, 0) is 4.43 Å². The zero-order valence-corrected chi connectivity index (χ0v) is 15.7. The first-order valence-electron chi connectivity index (χ1n) is 8.08. The summed E-state index contributed by atoms with van der Waals surface area (Å²) in [5.74, 6) is -0.767. The molecule has 0 spiro atoms. The van der Waals surface area contributed by atoms with Crippen LogP contribution in [0, 0.1) is 0 Å². The second-order valence-electron chi connectivity index (χ2n) is 5.49. The molecule has 2 radical (unpaired) electrons. The number of rotatable bonds is 7. The molecule has 0 N–H and O–H groups in total. The molecule has 0 fully saturated rings. The third-order valence-electron chi connectivity index (χ3n) is 3.75. The van der Waals surface area contributed by atoms with Crippen molar-refractivity contribution in [2.75, 3.05) is 20.7 Å². The minimum atomic E-state index is -0.472. The molecule has 25 heavy (non-hydrogen) atoms. The Hall–Kier alpha value is -2.44. The zero-order valence-electron chi connectivity index (χ0n) is 14.7. The molecule has 0 aliphatic carbocycles. The van der Waals surface area contributed by atoms with E-state index in [0.29, 0.717) is 17.7 Å². The van der Waals surface area contributed by atoms with Crippen molar-refractivity contribution in [3.8, 4) is 0 Å². The Balaban J connectivity index is 2.22. The smallest absolute Gasteiger partial charge is 0.281 e. The van der Waals surface area contributed by atoms with E-state index >= 15 is 0 Å². The Kier molecular flexibility index (Phi) is 6.91. The normalized spacial score (nSPS) is 10.6. The van der Waals surface area contributed by atoms with E-state index in [-0.39, 0.29) is 21.6 Å². The van der Waals surface area contributed by atoms with Crippen LogP contribution in [0.5, 0.6) is 0 Å². The van der Waals surface area contributed by atoms with Gasteiger partial charge in [-0.25, -0.2) is 0 Å². The lowest BCUT2D eigenvalue weighted by atomic mass is 10.2. The molecule has 0 bridgehead atoms. The number of hydrogen-bond donors (Lipinski definition) is 0. The molecule has 2 rings (SSSR count). The molecule has 5 nitrogen and oxygen atoms in total. The minimum absolute atomic E-state index is 0.0304. The van der Waals surface area contributed by atoms with Gasteiger partial charge in [0, 0.05) is 31.8 Å². The van der Waals surface area contributed by atoms with Crippen molar-refractivity contribution in [3.63, 3.8) is 0 Å².